The minimum atomic E-state index is 0.327. The van der Waals surface area contributed by atoms with Crippen molar-refractivity contribution in [2.24, 2.45) is 5.92 Å². The molecule has 0 spiro atoms. The van der Waals surface area contributed by atoms with Gasteiger partial charge in [-0.05, 0) is 37.0 Å². The summed E-state index contributed by atoms with van der Waals surface area (Å²) in [7, 11) is 0. The zero-order valence-electron chi connectivity index (χ0n) is 13.8. The van der Waals surface area contributed by atoms with Gasteiger partial charge in [-0.2, -0.15) is 0 Å². The minimum absolute atomic E-state index is 0.327. The Kier molecular flexibility index (Phi) is 4.15. The Balaban J connectivity index is 1.47. The molecule has 5 heteroatoms. The lowest BCUT2D eigenvalue weighted by Gasteiger charge is -2.36. The first-order chi connectivity index (χ1) is 11.8. The quantitative estimate of drug-likeness (QED) is 0.868. The number of pyridine rings is 2. The summed E-state index contributed by atoms with van der Waals surface area (Å²) in [6, 6.07) is 7.96. The molecule has 2 aromatic rings. The molecule has 124 valence electrons. The topological polar surface area (TPSA) is 49.3 Å². The van der Waals surface area contributed by atoms with Gasteiger partial charge in [0.1, 0.15) is 0 Å². The van der Waals surface area contributed by atoms with Crippen LogP contribution in [0.25, 0.3) is 11.3 Å². The number of carbonyl (C=O) groups is 1. The van der Waals surface area contributed by atoms with Crippen molar-refractivity contribution in [2.75, 3.05) is 31.1 Å². The SMILES string of the molecule is O=C(CC1CC1)N1CCN(c2cnccc2-c2ccccn2)CC1. The maximum atomic E-state index is 12.3. The molecular weight excluding hydrogens is 300 g/mol. The lowest BCUT2D eigenvalue weighted by molar-refractivity contribution is -0.131. The summed E-state index contributed by atoms with van der Waals surface area (Å²) < 4.78 is 0. The third-order valence-electron chi connectivity index (χ3n) is 4.87. The molecule has 2 aliphatic rings. The molecule has 1 aliphatic carbocycles. The molecule has 2 aromatic heterocycles. The van der Waals surface area contributed by atoms with E-state index in [0.717, 1.165) is 49.5 Å². The van der Waals surface area contributed by atoms with Crippen molar-refractivity contribution >= 4 is 11.6 Å². The van der Waals surface area contributed by atoms with Gasteiger partial charge in [-0.3, -0.25) is 14.8 Å². The van der Waals surface area contributed by atoms with Gasteiger partial charge in [-0.15, -0.1) is 0 Å². The molecule has 1 saturated heterocycles. The Hall–Kier alpha value is -2.43. The van der Waals surface area contributed by atoms with E-state index >= 15 is 0 Å². The molecule has 0 aromatic carbocycles. The largest absolute Gasteiger partial charge is 0.366 e. The summed E-state index contributed by atoms with van der Waals surface area (Å²) in [5.74, 6) is 0.984. The summed E-state index contributed by atoms with van der Waals surface area (Å²) >= 11 is 0. The van der Waals surface area contributed by atoms with Crippen LogP contribution in [-0.4, -0.2) is 47.0 Å². The first kappa shape index (κ1) is 15.1. The van der Waals surface area contributed by atoms with Crippen molar-refractivity contribution in [3.8, 4) is 11.3 Å². The van der Waals surface area contributed by atoms with Crippen LogP contribution in [0, 0.1) is 5.92 Å². The van der Waals surface area contributed by atoms with Crippen LogP contribution in [0.3, 0.4) is 0 Å². The number of anilines is 1. The fourth-order valence-corrected chi connectivity index (χ4v) is 3.27. The fourth-order valence-electron chi connectivity index (χ4n) is 3.27. The van der Waals surface area contributed by atoms with Gasteiger partial charge in [-0.1, -0.05) is 6.07 Å². The van der Waals surface area contributed by atoms with E-state index in [1.54, 1.807) is 0 Å². The zero-order valence-corrected chi connectivity index (χ0v) is 13.8. The van der Waals surface area contributed by atoms with Gasteiger partial charge in [0.2, 0.25) is 5.91 Å². The van der Waals surface area contributed by atoms with Gasteiger partial charge in [-0.25, -0.2) is 0 Å². The van der Waals surface area contributed by atoms with Crippen LogP contribution in [0.15, 0.2) is 42.9 Å². The second-order valence-corrected chi connectivity index (χ2v) is 6.62. The summed E-state index contributed by atoms with van der Waals surface area (Å²) in [5.41, 5.74) is 3.16. The summed E-state index contributed by atoms with van der Waals surface area (Å²) in [6.07, 6.45) is 8.73. The molecule has 1 saturated carbocycles. The second kappa shape index (κ2) is 6.59. The van der Waals surface area contributed by atoms with Crippen LogP contribution in [0.1, 0.15) is 19.3 Å². The highest BCUT2D eigenvalue weighted by Gasteiger charge is 2.29. The number of aromatic nitrogens is 2. The molecule has 24 heavy (non-hydrogen) atoms. The predicted octanol–water partition coefficient (Wildman–Crippen LogP) is 2.59. The average Bonchev–Trinajstić information content (AvgIpc) is 3.46. The summed E-state index contributed by atoms with van der Waals surface area (Å²) in [5, 5.41) is 0. The highest BCUT2D eigenvalue weighted by Crippen LogP contribution is 2.33. The van der Waals surface area contributed by atoms with Gasteiger partial charge < -0.3 is 9.80 Å². The van der Waals surface area contributed by atoms with E-state index in [0.29, 0.717) is 11.8 Å². The lowest BCUT2D eigenvalue weighted by Crippen LogP contribution is -2.49. The number of hydrogen-bond donors (Lipinski definition) is 0. The van der Waals surface area contributed by atoms with Crippen LogP contribution < -0.4 is 4.90 Å². The van der Waals surface area contributed by atoms with Gasteiger partial charge in [0.25, 0.3) is 0 Å². The number of carbonyl (C=O) groups excluding carboxylic acids is 1. The van der Waals surface area contributed by atoms with E-state index in [1.165, 1.54) is 12.8 Å². The van der Waals surface area contributed by atoms with Crippen molar-refractivity contribution in [2.45, 2.75) is 19.3 Å². The van der Waals surface area contributed by atoms with Gasteiger partial charge in [0, 0.05) is 50.6 Å². The highest BCUT2D eigenvalue weighted by atomic mass is 16.2. The van der Waals surface area contributed by atoms with Gasteiger partial charge in [0.15, 0.2) is 0 Å². The molecule has 2 fully saturated rings. The standard InChI is InChI=1S/C19H22N4O/c24-19(13-15-4-5-15)23-11-9-22(10-12-23)18-14-20-8-6-16(18)17-3-1-2-7-21-17/h1-3,6-8,14-15H,4-5,9-13H2. The monoisotopic (exact) mass is 322 g/mol. The zero-order chi connectivity index (χ0) is 16.4. The normalized spacial score (nSPS) is 17.8. The first-order valence-corrected chi connectivity index (χ1v) is 8.69. The third-order valence-corrected chi connectivity index (χ3v) is 4.87. The molecule has 5 nitrogen and oxygen atoms in total. The minimum Gasteiger partial charge on any atom is -0.366 e. The van der Waals surface area contributed by atoms with Crippen LogP contribution in [-0.2, 0) is 4.79 Å². The Morgan fingerprint density at radius 1 is 1.08 bits per heavy atom. The number of piperazine rings is 1. The Morgan fingerprint density at radius 3 is 2.62 bits per heavy atom. The van der Waals surface area contributed by atoms with E-state index in [9.17, 15) is 4.79 Å². The number of nitrogens with zero attached hydrogens (tertiary/aromatic N) is 4. The van der Waals surface area contributed by atoms with Crippen molar-refractivity contribution in [3.63, 3.8) is 0 Å². The molecule has 1 aliphatic heterocycles. The maximum absolute atomic E-state index is 12.3. The molecule has 4 rings (SSSR count). The molecule has 1 amide bonds. The van der Waals surface area contributed by atoms with Crippen molar-refractivity contribution < 1.29 is 4.79 Å². The molecule has 3 heterocycles. The van der Waals surface area contributed by atoms with E-state index in [2.05, 4.69) is 14.9 Å². The Morgan fingerprint density at radius 2 is 1.92 bits per heavy atom. The smallest absolute Gasteiger partial charge is 0.222 e. The predicted molar refractivity (Wildman–Crippen MR) is 93.6 cm³/mol. The average molecular weight is 322 g/mol. The van der Waals surface area contributed by atoms with Crippen LogP contribution in [0.4, 0.5) is 5.69 Å². The van der Waals surface area contributed by atoms with E-state index in [4.69, 9.17) is 0 Å². The molecule has 0 N–H and O–H groups in total. The number of hydrogen-bond acceptors (Lipinski definition) is 4. The van der Waals surface area contributed by atoms with E-state index < -0.39 is 0 Å². The fraction of sp³-hybridized carbons (Fsp3) is 0.421. The van der Waals surface area contributed by atoms with Crippen LogP contribution in [0.2, 0.25) is 0 Å². The Bertz CT molecular complexity index is 706. The molecule has 0 radical (unpaired) electrons. The van der Waals surface area contributed by atoms with Crippen molar-refractivity contribution in [3.05, 3.63) is 42.9 Å². The van der Waals surface area contributed by atoms with Crippen molar-refractivity contribution in [1.29, 1.82) is 0 Å². The number of rotatable bonds is 4. The first-order valence-electron chi connectivity index (χ1n) is 8.69. The highest BCUT2D eigenvalue weighted by molar-refractivity contribution is 5.78. The van der Waals surface area contributed by atoms with Gasteiger partial charge >= 0.3 is 0 Å². The third kappa shape index (κ3) is 3.25. The van der Waals surface area contributed by atoms with E-state index in [1.807, 2.05) is 47.8 Å². The van der Waals surface area contributed by atoms with Crippen LogP contribution in [0.5, 0.6) is 0 Å². The lowest BCUT2D eigenvalue weighted by atomic mass is 10.1. The molecule has 0 bridgehead atoms. The maximum Gasteiger partial charge on any atom is 0.222 e. The second-order valence-electron chi connectivity index (χ2n) is 6.62. The number of amides is 1. The van der Waals surface area contributed by atoms with Crippen molar-refractivity contribution in [1.82, 2.24) is 14.9 Å². The summed E-state index contributed by atoms with van der Waals surface area (Å²) in [4.78, 5) is 25.4. The summed E-state index contributed by atoms with van der Waals surface area (Å²) in [6.45, 7) is 3.29. The molecule has 0 atom stereocenters. The Labute approximate surface area is 142 Å². The van der Waals surface area contributed by atoms with Gasteiger partial charge in [0.05, 0.1) is 17.6 Å². The molecular formula is C19H22N4O. The molecule has 0 unspecified atom stereocenters. The van der Waals surface area contributed by atoms with E-state index in [-0.39, 0.29) is 0 Å². The van der Waals surface area contributed by atoms with Crippen LogP contribution >= 0.6 is 0 Å².